The van der Waals surface area contributed by atoms with Gasteiger partial charge >= 0.3 is 5.97 Å². The van der Waals surface area contributed by atoms with Crippen molar-refractivity contribution in [2.24, 2.45) is 5.11 Å². The van der Waals surface area contributed by atoms with Crippen molar-refractivity contribution in [2.75, 3.05) is 20.3 Å². The topological polar surface area (TPSA) is 105 Å². The lowest BCUT2D eigenvalue weighted by molar-refractivity contribution is -0.145. The molecule has 128 valence electrons. The minimum absolute atomic E-state index is 0.110. The standard InChI is InChI=1S/C15H17ClN4O4/c1-3-24-10-7-13(15(22)23-2)20(8-10)14(21)11-5-4-9(16)6-12(11)18-19-17/h4-6,10,13H,3,7-8H2,1-2H3/t10-,13+/m1/s1. The summed E-state index contributed by atoms with van der Waals surface area (Å²) in [6, 6.07) is 3.65. The molecule has 0 aromatic heterocycles. The van der Waals surface area contributed by atoms with E-state index in [4.69, 9.17) is 26.6 Å². The second-order valence-electron chi connectivity index (χ2n) is 5.16. The second kappa shape index (κ2) is 8.01. The first-order valence-electron chi connectivity index (χ1n) is 7.36. The van der Waals surface area contributed by atoms with Crippen LogP contribution in [0.2, 0.25) is 5.02 Å². The zero-order valence-corrected chi connectivity index (χ0v) is 14.1. The molecule has 1 aliphatic rings. The van der Waals surface area contributed by atoms with E-state index in [1.807, 2.05) is 6.92 Å². The Morgan fingerprint density at radius 2 is 2.25 bits per heavy atom. The van der Waals surface area contributed by atoms with Crippen molar-refractivity contribution in [3.8, 4) is 0 Å². The van der Waals surface area contributed by atoms with E-state index in [0.29, 0.717) is 18.1 Å². The van der Waals surface area contributed by atoms with Crippen molar-refractivity contribution in [2.45, 2.75) is 25.5 Å². The van der Waals surface area contributed by atoms with Gasteiger partial charge < -0.3 is 14.4 Å². The quantitative estimate of drug-likeness (QED) is 0.351. The van der Waals surface area contributed by atoms with E-state index < -0.39 is 17.9 Å². The number of hydrogen-bond acceptors (Lipinski definition) is 5. The van der Waals surface area contributed by atoms with Crippen molar-refractivity contribution in [3.63, 3.8) is 0 Å². The molecule has 0 saturated carbocycles. The van der Waals surface area contributed by atoms with Crippen molar-refractivity contribution in [3.05, 3.63) is 39.2 Å². The predicted molar refractivity (Wildman–Crippen MR) is 87.1 cm³/mol. The summed E-state index contributed by atoms with van der Waals surface area (Å²) in [5.41, 5.74) is 8.95. The van der Waals surface area contributed by atoms with Gasteiger partial charge in [-0.25, -0.2) is 4.79 Å². The smallest absolute Gasteiger partial charge is 0.328 e. The van der Waals surface area contributed by atoms with Gasteiger partial charge in [0.25, 0.3) is 5.91 Å². The van der Waals surface area contributed by atoms with E-state index in [0.717, 1.165) is 0 Å². The van der Waals surface area contributed by atoms with Crippen LogP contribution in [0.5, 0.6) is 0 Å². The Balaban J connectivity index is 2.36. The van der Waals surface area contributed by atoms with E-state index in [9.17, 15) is 9.59 Å². The molecule has 1 amide bonds. The van der Waals surface area contributed by atoms with Gasteiger partial charge in [0.15, 0.2) is 0 Å². The van der Waals surface area contributed by atoms with Gasteiger partial charge in [0.1, 0.15) is 6.04 Å². The fourth-order valence-corrected chi connectivity index (χ4v) is 2.88. The minimum Gasteiger partial charge on any atom is -0.467 e. The Hall–Kier alpha value is -2.28. The number of carbonyl (C=O) groups excluding carboxylic acids is 2. The normalized spacial score (nSPS) is 19.7. The summed E-state index contributed by atoms with van der Waals surface area (Å²) < 4.78 is 10.3. The average Bonchev–Trinajstić information content (AvgIpc) is 2.98. The highest BCUT2D eigenvalue weighted by atomic mass is 35.5. The Kier molecular flexibility index (Phi) is 6.03. The summed E-state index contributed by atoms with van der Waals surface area (Å²) in [6.07, 6.45) is 0.106. The number of halogens is 1. The molecule has 9 heteroatoms. The van der Waals surface area contributed by atoms with Crippen molar-refractivity contribution in [1.82, 2.24) is 4.90 Å². The van der Waals surface area contributed by atoms with Crippen LogP contribution in [-0.2, 0) is 14.3 Å². The third kappa shape index (κ3) is 3.79. The lowest BCUT2D eigenvalue weighted by atomic mass is 10.1. The zero-order valence-electron chi connectivity index (χ0n) is 13.3. The Bertz CT molecular complexity index is 690. The number of rotatable bonds is 5. The van der Waals surface area contributed by atoms with Crippen molar-refractivity contribution in [1.29, 1.82) is 0 Å². The number of hydrogen-bond donors (Lipinski definition) is 0. The zero-order chi connectivity index (χ0) is 17.7. The maximum atomic E-state index is 12.9. The van der Waals surface area contributed by atoms with Gasteiger partial charge in [-0.3, -0.25) is 4.79 Å². The number of likely N-dealkylation sites (tertiary alicyclic amines) is 1. The maximum absolute atomic E-state index is 12.9. The number of benzene rings is 1. The van der Waals surface area contributed by atoms with E-state index in [1.54, 1.807) is 0 Å². The molecule has 2 rings (SSSR count). The molecular weight excluding hydrogens is 336 g/mol. The van der Waals surface area contributed by atoms with Crippen molar-refractivity contribution < 1.29 is 19.1 Å². The molecule has 0 N–H and O–H groups in total. The monoisotopic (exact) mass is 352 g/mol. The third-order valence-corrected chi connectivity index (χ3v) is 3.98. The van der Waals surface area contributed by atoms with Gasteiger partial charge in [-0.2, -0.15) is 0 Å². The van der Waals surface area contributed by atoms with Gasteiger partial charge in [0, 0.05) is 35.1 Å². The van der Waals surface area contributed by atoms with Crippen molar-refractivity contribution >= 4 is 29.2 Å². The lowest BCUT2D eigenvalue weighted by Crippen LogP contribution is -2.41. The summed E-state index contributed by atoms with van der Waals surface area (Å²) in [5, 5.41) is 3.85. The highest BCUT2D eigenvalue weighted by Crippen LogP contribution is 2.29. The minimum atomic E-state index is -0.742. The van der Waals surface area contributed by atoms with Gasteiger partial charge in [-0.05, 0) is 30.7 Å². The molecule has 1 aromatic rings. The van der Waals surface area contributed by atoms with Gasteiger partial charge in [-0.15, -0.1) is 0 Å². The first-order valence-corrected chi connectivity index (χ1v) is 7.74. The van der Waals surface area contributed by atoms with Crippen LogP contribution in [-0.4, -0.2) is 49.2 Å². The Morgan fingerprint density at radius 3 is 2.88 bits per heavy atom. The Morgan fingerprint density at radius 1 is 1.50 bits per heavy atom. The molecule has 1 fully saturated rings. The van der Waals surface area contributed by atoms with E-state index in [2.05, 4.69) is 10.0 Å². The van der Waals surface area contributed by atoms with Crippen LogP contribution in [0.15, 0.2) is 23.3 Å². The summed E-state index contributed by atoms with van der Waals surface area (Å²) >= 11 is 5.88. The van der Waals surface area contributed by atoms with Gasteiger partial charge in [-0.1, -0.05) is 16.7 Å². The van der Waals surface area contributed by atoms with Crippen LogP contribution in [0.4, 0.5) is 5.69 Å². The molecule has 1 aliphatic heterocycles. The highest BCUT2D eigenvalue weighted by molar-refractivity contribution is 6.31. The Labute approximate surface area is 143 Å². The fraction of sp³-hybridized carbons (Fsp3) is 0.467. The maximum Gasteiger partial charge on any atom is 0.328 e. The van der Waals surface area contributed by atoms with Crippen LogP contribution in [0.3, 0.4) is 0 Å². The molecule has 1 heterocycles. The first kappa shape index (κ1) is 18.1. The SMILES string of the molecule is CCO[C@@H]1C[C@@H](C(=O)OC)N(C(=O)c2ccc(Cl)cc2N=[N+]=[N-])C1. The summed E-state index contributed by atoms with van der Waals surface area (Å²) in [5.74, 6) is -0.948. The summed E-state index contributed by atoms with van der Waals surface area (Å²) in [6.45, 7) is 2.58. The molecule has 0 radical (unpaired) electrons. The highest BCUT2D eigenvalue weighted by Gasteiger charge is 2.41. The number of azide groups is 1. The number of carbonyl (C=O) groups is 2. The molecule has 0 bridgehead atoms. The molecule has 24 heavy (non-hydrogen) atoms. The van der Waals surface area contributed by atoms with Gasteiger partial charge in [0.2, 0.25) is 0 Å². The fourth-order valence-electron chi connectivity index (χ4n) is 2.71. The molecule has 0 aliphatic carbocycles. The van der Waals surface area contributed by atoms with Crippen LogP contribution >= 0.6 is 11.6 Å². The summed E-state index contributed by atoms with van der Waals surface area (Å²) in [7, 11) is 1.27. The molecule has 8 nitrogen and oxygen atoms in total. The molecule has 2 atom stereocenters. The predicted octanol–water partition coefficient (Wildman–Crippen LogP) is 3.07. The van der Waals surface area contributed by atoms with Crippen LogP contribution < -0.4 is 0 Å². The molecule has 0 spiro atoms. The number of methoxy groups -OCH3 is 1. The summed E-state index contributed by atoms with van der Waals surface area (Å²) in [4.78, 5) is 29.0. The first-order chi connectivity index (χ1) is 11.5. The van der Waals surface area contributed by atoms with E-state index in [-0.39, 0.29) is 23.9 Å². The number of esters is 1. The van der Waals surface area contributed by atoms with Crippen LogP contribution in [0.1, 0.15) is 23.7 Å². The number of amides is 1. The third-order valence-electron chi connectivity index (χ3n) is 3.74. The molecular formula is C15H17ClN4O4. The van der Waals surface area contributed by atoms with Crippen LogP contribution in [0.25, 0.3) is 10.4 Å². The number of ether oxygens (including phenoxy) is 2. The molecule has 0 unspecified atom stereocenters. The second-order valence-corrected chi connectivity index (χ2v) is 5.60. The number of nitrogens with zero attached hydrogens (tertiary/aromatic N) is 4. The largest absolute Gasteiger partial charge is 0.467 e. The van der Waals surface area contributed by atoms with Gasteiger partial charge in [0.05, 0.1) is 18.9 Å². The average molecular weight is 353 g/mol. The van der Waals surface area contributed by atoms with Crippen LogP contribution in [0, 0.1) is 0 Å². The molecule has 1 saturated heterocycles. The van der Waals surface area contributed by atoms with E-state index >= 15 is 0 Å². The van der Waals surface area contributed by atoms with E-state index in [1.165, 1.54) is 30.2 Å². The molecule has 1 aromatic carbocycles. The lowest BCUT2D eigenvalue weighted by Gasteiger charge is -2.23.